The summed E-state index contributed by atoms with van der Waals surface area (Å²) in [6.45, 7) is 4.24. The average molecular weight is 281 g/mol. The topological polar surface area (TPSA) is 30.5 Å². The zero-order valence-corrected chi connectivity index (χ0v) is 12.3. The summed E-state index contributed by atoms with van der Waals surface area (Å²) in [5.74, 6) is -0.148. The first-order valence-corrected chi connectivity index (χ1v) is 7.31. The lowest BCUT2D eigenvalue weighted by atomic mass is 9.93. The van der Waals surface area contributed by atoms with Crippen molar-refractivity contribution >= 4 is 0 Å². The predicted octanol–water partition coefficient (Wildman–Crippen LogP) is 3.06. The summed E-state index contributed by atoms with van der Waals surface area (Å²) in [6.07, 6.45) is 2.60. The molecule has 0 radical (unpaired) electrons. The van der Waals surface area contributed by atoms with Gasteiger partial charge in [0.2, 0.25) is 0 Å². The van der Waals surface area contributed by atoms with Crippen LogP contribution >= 0.6 is 0 Å². The van der Waals surface area contributed by atoms with Crippen LogP contribution in [0, 0.1) is 5.82 Å². The molecule has 0 unspecified atom stereocenters. The molecule has 1 atom stereocenters. The molecule has 112 valence electrons. The molecule has 0 aliphatic carbocycles. The van der Waals surface area contributed by atoms with Crippen molar-refractivity contribution in [3.05, 3.63) is 35.6 Å². The number of hydrogen-bond donors (Lipinski definition) is 1. The lowest BCUT2D eigenvalue weighted by Gasteiger charge is -2.37. The Bertz CT molecular complexity index is 419. The van der Waals surface area contributed by atoms with E-state index >= 15 is 0 Å². The van der Waals surface area contributed by atoms with E-state index in [1.165, 1.54) is 6.07 Å². The van der Waals surface area contributed by atoms with E-state index in [4.69, 9.17) is 9.47 Å². The number of benzene rings is 1. The second-order valence-electron chi connectivity index (χ2n) is 5.36. The van der Waals surface area contributed by atoms with Gasteiger partial charge in [-0.1, -0.05) is 25.1 Å². The van der Waals surface area contributed by atoms with Gasteiger partial charge in [0.25, 0.3) is 0 Å². The molecule has 4 heteroatoms. The van der Waals surface area contributed by atoms with Crippen molar-refractivity contribution in [3.8, 4) is 0 Å². The van der Waals surface area contributed by atoms with Crippen molar-refractivity contribution in [3.63, 3.8) is 0 Å². The van der Waals surface area contributed by atoms with E-state index in [1.807, 2.05) is 12.1 Å². The molecule has 3 nitrogen and oxygen atoms in total. The molecule has 0 amide bonds. The zero-order chi connectivity index (χ0) is 14.4. The van der Waals surface area contributed by atoms with Gasteiger partial charge >= 0.3 is 0 Å². The molecule has 0 saturated carbocycles. The summed E-state index contributed by atoms with van der Waals surface area (Å²) < 4.78 is 25.0. The molecular weight excluding hydrogens is 257 g/mol. The standard InChI is InChI=1S/C16H24FNO2/c1-3-15(13-6-4-5-7-14(13)17)18-12-16(19-2)8-10-20-11-9-16/h4-7,15,18H,3,8-12H2,1-2H3/t15-/m0/s1. The van der Waals surface area contributed by atoms with Gasteiger partial charge < -0.3 is 14.8 Å². The van der Waals surface area contributed by atoms with Crippen molar-refractivity contribution < 1.29 is 13.9 Å². The van der Waals surface area contributed by atoms with Gasteiger partial charge in [-0.25, -0.2) is 4.39 Å². The van der Waals surface area contributed by atoms with Crippen LogP contribution in [0.1, 0.15) is 37.8 Å². The third kappa shape index (κ3) is 3.57. The lowest BCUT2D eigenvalue weighted by Crippen LogP contribution is -2.47. The van der Waals surface area contributed by atoms with Crippen LogP contribution in [0.5, 0.6) is 0 Å². The van der Waals surface area contributed by atoms with Crippen LogP contribution in [-0.2, 0) is 9.47 Å². The Labute approximate surface area is 120 Å². The van der Waals surface area contributed by atoms with Crippen LogP contribution in [-0.4, -0.2) is 32.5 Å². The normalized spacial score (nSPS) is 19.8. The number of hydrogen-bond acceptors (Lipinski definition) is 3. The highest BCUT2D eigenvalue weighted by Gasteiger charge is 2.33. The van der Waals surface area contributed by atoms with Gasteiger partial charge in [-0.2, -0.15) is 0 Å². The molecule has 2 rings (SSSR count). The Morgan fingerprint density at radius 3 is 2.65 bits per heavy atom. The number of rotatable bonds is 6. The number of nitrogens with one attached hydrogen (secondary N) is 1. The minimum Gasteiger partial charge on any atom is -0.381 e. The van der Waals surface area contributed by atoms with E-state index in [0.717, 1.165) is 44.6 Å². The molecule has 0 aromatic heterocycles. The minimum absolute atomic E-state index is 0.0195. The molecule has 1 saturated heterocycles. The Morgan fingerprint density at radius 2 is 2.05 bits per heavy atom. The quantitative estimate of drug-likeness (QED) is 0.869. The van der Waals surface area contributed by atoms with Crippen LogP contribution < -0.4 is 5.32 Å². The minimum atomic E-state index is -0.184. The number of ether oxygens (including phenoxy) is 2. The lowest BCUT2D eigenvalue weighted by molar-refractivity contribution is -0.0887. The molecule has 1 aromatic carbocycles. The Hall–Kier alpha value is -0.970. The van der Waals surface area contributed by atoms with Crippen molar-refractivity contribution in [1.29, 1.82) is 0 Å². The molecule has 0 bridgehead atoms. The van der Waals surface area contributed by atoms with Crippen LogP contribution in [0.15, 0.2) is 24.3 Å². The maximum Gasteiger partial charge on any atom is 0.127 e. The summed E-state index contributed by atoms with van der Waals surface area (Å²) in [6, 6.07) is 6.98. The molecule has 1 heterocycles. The van der Waals surface area contributed by atoms with Crippen LogP contribution in [0.4, 0.5) is 4.39 Å². The van der Waals surface area contributed by atoms with E-state index in [1.54, 1.807) is 13.2 Å². The van der Waals surface area contributed by atoms with Gasteiger partial charge in [0.1, 0.15) is 5.82 Å². The molecule has 1 fully saturated rings. The van der Waals surface area contributed by atoms with E-state index in [9.17, 15) is 4.39 Å². The maximum absolute atomic E-state index is 13.9. The van der Waals surface area contributed by atoms with Gasteiger partial charge in [-0.3, -0.25) is 0 Å². The van der Waals surface area contributed by atoms with Crippen molar-refractivity contribution in [2.24, 2.45) is 0 Å². The first-order valence-electron chi connectivity index (χ1n) is 7.31. The molecule has 1 N–H and O–H groups in total. The smallest absolute Gasteiger partial charge is 0.127 e. The summed E-state index contributed by atoms with van der Waals surface area (Å²) in [5, 5.41) is 3.47. The monoisotopic (exact) mass is 281 g/mol. The largest absolute Gasteiger partial charge is 0.381 e. The summed E-state index contributed by atoms with van der Waals surface area (Å²) in [5.41, 5.74) is 0.546. The highest BCUT2D eigenvalue weighted by Crippen LogP contribution is 2.26. The molecule has 20 heavy (non-hydrogen) atoms. The first-order chi connectivity index (χ1) is 9.71. The average Bonchev–Trinajstić information content (AvgIpc) is 2.50. The Morgan fingerprint density at radius 1 is 1.35 bits per heavy atom. The number of methoxy groups -OCH3 is 1. The molecule has 1 aliphatic heterocycles. The highest BCUT2D eigenvalue weighted by molar-refractivity contribution is 5.21. The SMILES string of the molecule is CC[C@H](NCC1(OC)CCOCC1)c1ccccc1F. The Kier molecular flexibility index (Phi) is 5.52. The van der Waals surface area contributed by atoms with E-state index in [2.05, 4.69) is 12.2 Å². The Balaban J connectivity index is 2.01. The number of halogens is 1. The summed E-state index contributed by atoms with van der Waals surface area (Å²) in [7, 11) is 1.75. The second-order valence-corrected chi connectivity index (χ2v) is 5.36. The van der Waals surface area contributed by atoms with E-state index in [0.29, 0.717) is 0 Å². The zero-order valence-electron chi connectivity index (χ0n) is 12.3. The van der Waals surface area contributed by atoms with Crippen LogP contribution in [0.25, 0.3) is 0 Å². The summed E-state index contributed by atoms with van der Waals surface area (Å²) >= 11 is 0. The second kappa shape index (κ2) is 7.16. The summed E-state index contributed by atoms with van der Waals surface area (Å²) in [4.78, 5) is 0. The van der Waals surface area contributed by atoms with Gasteiger partial charge in [0, 0.05) is 51.3 Å². The van der Waals surface area contributed by atoms with Crippen LogP contribution in [0.3, 0.4) is 0 Å². The van der Waals surface area contributed by atoms with Gasteiger partial charge in [-0.15, -0.1) is 0 Å². The third-order valence-corrected chi connectivity index (χ3v) is 4.20. The fourth-order valence-electron chi connectivity index (χ4n) is 2.74. The van der Waals surface area contributed by atoms with Crippen molar-refractivity contribution in [1.82, 2.24) is 5.32 Å². The van der Waals surface area contributed by atoms with Crippen molar-refractivity contribution in [2.75, 3.05) is 26.9 Å². The highest BCUT2D eigenvalue weighted by atomic mass is 19.1. The van der Waals surface area contributed by atoms with Gasteiger partial charge in [-0.05, 0) is 12.5 Å². The first kappa shape index (κ1) is 15.4. The predicted molar refractivity (Wildman–Crippen MR) is 77.2 cm³/mol. The maximum atomic E-state index is 13.9. The molecule has 1 aromatic rings. The third-order valence-electron chi connectivity index (χ3n) is 4.20. The van der Waals surface area contributed by atoms with E-state index in [-0.39, 0.29) is 17.5 Å². The van der Waals surface area contributed by atoms with Crippen molar-refractivity contribution in [2.45, 2.75) is 37.8 Å². The molecular formula is C16H24FNO2. The fraction of sp³-hybridized carbons (Fsp3) is 0.625. The molecule has 1 aliphatic rings. The van der Waals surface area contributed by atoms with Gasteiger partial charge in [0.05, 0.1) is 5.60 Å². The van der Waals surface area contributed by atoms with Crippen LogP contribution in [0.2, 0.25) is 0 Å². The molecule has 0 spiro atoms. The fourth-order valence-corrected chi connectivity index (χ4v) is 2.74. The van der Waals surface area contributed by atoms with Gasteiger partial charge in [0.15, 0.2) is 0 Å². The van der Waals surface area contributed by atoms with E-state index < -0.39 is 0 Å².